The Morgan fingerprint density at radius 1 is 0.974 bits per heavy atom. The molecule has 10 heteroatoms. The van der Waals surface area contributed by atoms with Crippen LogP contribution in [-0.4, -0.2) is 50.7 Å². The minimum atomic E-state index is -0.0561. The molecule has 39 heavy (non-hydrogen) atoms. The summed E-state index contributed by atoms with van der Waals surface area (Å²) in [5, 5.41) is 35.2. The van der Waals surface area contributed by atoms with Crippen LogP contribution in [0, 0.1) is 0 Å². The number of fused-ring (bicyclic) bond motifs is 1. The Labute approximate surface area is 231 Å². The number of nitrogens with zero attached hydrogens (tertiary/aromatic N) is 7. The summed E-state index contributed by atoms with van der Waals surface area (Å²) in [6.45, 7) is 2.78. The molecule has 0 radical (unpaired) electrons. The van der Waals surface area contributed by atoms with Crippen molar-refractivity contribution in [2.75, 3.05) is 0 Å². The third kappa shape index (κ3) is 5.38. The van der Waals surface area contributed by atoms with E-state index < -0.39 is 0 Å². The van der Waals surface area contributed by atoms with Crippen molar-refractivity contribution in [2.24, 2.45) is 0 Å². The number of aryl methyl sites for hydroxylation is 1. The maximum atomic E-state index is 10.9. The number of imidazole rings is 1. The summed E-state index contributed by atoms with van der Waals surface area (Å²) in [6.07, 6.45) is 9.17. The van der Waals surface area contributed by atoms with E-state index in [9.17, 15) is 5.11 Å². The summed E-state index contributed by atoms with van der Waals surface area (Å²) in [6, 6.07) is 16.6. The van der Waals surface area contributed by atoms with Gasteiger partial charge in [-0.05, 0) is 46.4 Å². The molecule has 0 spiro atoms. The Hall–Kier alpha value is -3.79. The monoisotopic (exact) mass is 540 g/mol. The fourth-order valence-corrected chi connectivity index (χ4v) is 6.59. The zero-order chi connectivity index (χ0) is 26.6. The minimum Gasteiger partial charge on any atom is -0.491 e. The molecule has 0 saturated heterocycles. The van der Waals surface area contributed by atoms with E-state index in [1.807, 2.05) is 18.2 Å². The Morgan fingerprint density at radius 2 is 1.77 bits per heavy atom. The van der Waals surface area contributed by atoms with Crippen molar-refractivity contribution in [3.05, 3.63) is 59.9 Å². The highest BCUT2D eigenvalue weighted by molar-refractivity contribution is 8.00. The largest absolute Gasteiger partial charge is 0.491 e. The van der Waals surface area contributed by atoms with Gasteiger partial charge in [0.2, 0.25) is 0 Å². The number of tetrazole rings is 1. The Morgan fingerprint density at radius 3 is 2.51 bits per heavy atom. The van der Waals surface area contributed by atoms with E-state index in [4.69, 9.17) is 4.98 Å². The maximum absolute atomic E-state index is 10.9. The Bertz CT molecular complexity index is 1540. The molecule has 0 aliphatic heterocycles. The Kier molecular flexibility index (Phi) is 7.53. The molecular weight excluding hydrogens is 508 g/mol. The van der Waals surface area contributed by atoms with Crippen molar-refractivity contribution >= 4 is 22.8 Å². The van der Waals surface area contributed by atoms with Crippen LogP contribution in [0.5, 0.6) is 5.88 Å². The molecule has 0 amide bonds. The van der Waals surface area contributed by atoms with Crippen molar-refractivity contribution < 1.29 is 5.11 Å². The van der Waals surface area contributed by atoms with Crippen LogP contribution < -0.4 is 0 Å². The van der Waals surface area contributed by atoms with Crippen LogP contribution in [0.1, 0.15) is 63.3 Å². The number of benzene rings is 2. The lowest BCUT2D eigenvalue weighted by atomic mass is 9.98. The van der Waals surface area contributed by atoms with Gasteiger partial charge in [0.25, 0.3) is 5.88 Å². The Balaban J connectivity index is 1.33. The number of hydrogen-bond acceptors (Lipinski definition) is 8. The van der Waals surface area contributed by atoms with Crippen LogP contribution in [0.3, 0.4) is 0 Å². The smallest absolute Gasteiger partial charge is 0.257 e. The molecule has 2 aromatic carbocycles. The number of rotatable bonds is 9. The van der Waals surface area contributed by atoms with Gasteiger partial charge in [-0.1, -0.05) is 92.9 Å². The van der Waals surface area contributed by atoms with Gasteiger partial charge in [0.1, 0.15) is 21.9 Å². The molecule has 9 nitrogen and oxygen atoms in total. The van der Waals surface area contributed by atoms with Gasteiger partial charge in [0, 0.05) is 23.8 Å². The topological polar surface area (TPSA) is 118 Å². The molecule has 200 valence electrons. The average Bonchev–Trinajstić information content (AvgIpc) is 3.64. The zero-order valence-corrected chi connectivity index (χ0v) is 22.9. The van der Waals surface area contributed by atoms with Crippen LogP contribution in [0.25, 0.3) is 33.5 Å². The SMILES string of the molecule is CCCCc1nc2c(SC3CCCCC3)nnc(O)c2n1Cc1ccc(-c2ccccc2-c2nnn[nH]2)cc1. The molecule has 1 aliphatic rings. The lowest BCUT2D eigenvalue weighted by molar-refractivity contribution is 0.446. The summed E-state index contributed by atoms with van der Waals surface area (Å²) >= 11 is 1.78. The van der Waals surface area contributed by atoms with Crippen LogP contribution in [0.15, 0.2) is 53.6 Å². The molecule has 1 fully saturated rings. The second-order valence-corrected chi connectivity index (χ2v) is 11.4. The number of aromatic amines is 1. The molecular formula is C29H32N8OS. The molecule has 0 atom stereocenters. The first kappa shape index (κ1) is 25.5. The number of H-pyrrole nitrogens is 1. The lowest BCUT2D eigenvalue weighted by Gasteiger charge is -2.20. The highest BCUT2D eigenvalue weighted by Crippen LogP contribution is 2.38. The van der Waals surface area contributed by atoms with Gasteiger partial charge in [0.05, 0.1) is 0 Å². The highest BCUT2D eigenvalue weighted by atomic mass is 32.2. The van der Waals surface area contributed by atoms with Gasteiger partial charge in [-0.25, -0.2) is 10.1 Å². The predicted octanol–water partition coefficient (Wildman–Crippen LogP) is 6.19. The van der Waals surface area contributed by atoms with Gasteiger partial charge < -0.3 is 9.67 Å². The molecule has 5 aromatic rings. The molecule has 6 rings (SSSR count). The first-order valence-corrected chi connectivity index (χ1v) is 14.6. The summed E-state index contributed by atoms with van der Waals surface area (Å²) in [4.78, 5) is 5.04. The fraction of sp³-hybridized carbons (Fsp3) is 0.379. The molecule has 2 N–H and O–H groups in total. The number of aromatic hydroxyl groups is 1. The van der Waals surface area contributed by atoms with Crippen molar-refractivity contribution in [1.29, 1.82) is 0 Å². The van der Waals surface area contributed by atoms with E-state index in [0.29, 0.717) is 23.1 Å². The fourth-order valence-electron chi connectivity index (χ4n) is 5.37. The summed E-state index contributed by atoms with van der Waals surface area (Å²) < 4.78 is 2.13. The lowest BCUT2D eigenvalue weighted by Crippen LogP contribution is -2.08. The van der Waals surface area contributed by atoms with Crippen LogP contribution in [0.2, 0.25) is 0 Å². The van der Waals surface area contributed by atoms with E-state index in [-0.39, 0.29) is 5.88 Å². The number of unbranched alkanes of at least 4 members (excludes halogenated alkanes) is 1. The molecule has 1 aliphatic carbocycles. The molecule has 0 unspecified atom stereocenters. The third-order valence-electron chi connectivity index (χ3n) is 7.41. The summed E-state index contributed by atoms with van der Waals surface area (Å²) in [5.41, 5.74) is 5.65. The van der Waals surface area contributed by atoms with Gasteiger partial charge in [-0.15, -0.1) is 15.3 Å². The molecule has 0 bridgehead atoms. The standard InChI is InChI=1S/C29H32N8OS/c1-2-3-13-24-30-25-26(28(38)33-34-29(25)39-21-9-5-4-6-10-21)37(24)18-19-14-16-20(17-15-19)22-11-7-8-12-23(22)27-31-35-36-32-27/h7-8,11-12,14-17,21H,2-6,9-10,13,18H2,1H3,(H,33,38)(H,31,32,35,36). The summed E-state index contributed by atoms with van der Waals surface area (Å²) in [7, 11) is 0. The number of thioether (sulfide) groups is 1. The van der Waals surface area contributed by atoms with E-state index >= 15 is 0 Å². The van der Waals surface area contributed by atoms with Crippen molar-refractivity contribution in [3.8, 4) is 28.4 Å². The summed E-state index contributed by atoms with van der Waals surface area (Å²) in [5.74, 6) is 1.55. The van der Waals surface area contributed by atoms with E-state index in [0.717, 1.165) is 57.9 Å². The quantitative estimate of drug-likeness (QED) is 0.227. The van der Waals surface area contributed by atoms with E-state index in [2.05, 4.69) is 72.6 Å². The van der Waals surface area contributed by atoms with Crippen LogP contribution >= 0.6 is 11.8 Å². The van der Waals surface area contributed by atoms with Gasteiger partial charge >= 0.3 is 0 Å². The average molecular weight is 541 g/mol. The molecule has 1 saturated carbocycles. The first-order chi connectivity index (χ1) is 19.2. The van der Waals surface area contributed by atoms with E-state index in [1.54, 1.807) is 11.8 Å². The number of nitrogens with one attached hydrogen (secondary N) is 1. The normalized spacial score (nSPS) is 14.3. The third-order valence-corrected chi connectivity index (χ3v) is 8.72. The first-order valence-electron chi connectivity index (χ1n) is 13.7. The zero-order valence-electron chi connectivity index (χ0n) is 22.0. The second kappa shape index (κ2) is 11.5. The van der Waals surface area contributed by atoms with E-state index in [1.165, 1.54) is 32.1 Å². The van der Waals surface area contributed by atoms with Gasteiger partial charge in [-0.2, -0.15) is 0 Å². The highest BCUT2D eigenvalue weighted by Gasteiger charge is 2.23. The number of aromatic nitrogens is 8. The van der Waals surface area contributed by atoms with Crippen molar-refractivity contribution in [3.63, 3.8) is 0 Å². The second-order valence-electron chi connectivity index (χ2n) is 10.1. The van der Waals surface area contributed by atoms with Crippen LogP contribution in [-0.2, 0) is 13.0 Å². The molecule has 3 aromatic heterocycles. The van der Waals surface area contributed by atoms with Crippen molar-refractivity contribution in [2.45, 2.75) is 75.1 Å². The molecule has 3 heterocycles. The van der Waals surface area contributed by atoms with Crippen molar-refractivity contribution in [1.82, 2.24) is 40.4 Å². The maximum Gasteiger partial charge on any atom is 0.257 e. The predicted molar refractivity (Wildman–Crippen MR) is 152 cm³/mol. The number of hydrogen-bond donors (Lipinski definition) is 2. The van der Waals surface area contributed by atoms with Gasteiger partial charge in [0.15, 0.2) is 5.82 Å². The van der Waals surface area contributed by atoms with Crippen LogP contribution in [0.4, 0.5) is 0 Å². The minimum absolute atomic E-state index is 0.0561. The van der Waals surface area contributed by atoms with Gasteiger partial charge in [-0.3, -0.25) is 0 Å².